The van der Waals surface area contributed by atoms with Crippen molar-refractivity contribution in [3.63, 3.8) is 0 Å². The predicted molar refractivity (Wildman–Crippen MR) is 130 cm³/mol. The van der Waals surface area contributed by atoms with E-state index >= 15 is 0 Å². The van der Waals surface area contributed by atoms with Crippen molar-refractivity contribution >= 4 is 85.4 Å². The molecule has 0 unspecified atom stereocenters. The molecule has 0 aliphatic rings. The van der Waals surface area contributed by atoms with Crippen molar-refractivity contribution in [3.05, 3.63) is 71.8 Å². The molecular weight excluding hydrogens is 408 g/mol. The summed E-state index contributed by atoms with van der Waals surface area (Å²) >= 11 is 3.63. The molecule has 0 radical (unpaired) electrons. The molecule has 2 nitrogen and oxygen atoms in total. The van der Waals surface area contributed by atoms with Crippen LogP contribution in [0.25, 0.3) is 51.1 Å². The topological polar surface area (TPSA) is 34.1 Å². The number of thiophene rings is 2. The maximum atomic E-state index is 11.7. The Morgan fingerprint density at radius 3 is 1.40 bits per heavy atom. The van der Waals surface area contributed by atoms with Gasteiger partial charge in [0.1, 0.15) is 0 Å². The van der Waals surface area contributed by atoms with Crippen LogP contribution in [0.15, 0.2) is 60.7 Å². The van der Waals surface area contributed by atoms with Crippen molar-refractivity contribution in [2.24, 2.45) is 0 Å². The molecule has 0 saturated carbocycles. The Morgan fingerprint density at radius 2 is 1.00 bits per heavy atom. The second kappa shape index (κ2) is 6.21. The van der Waals surface area contributed by atoms with E-state index in [2.05, 4.69) is 24.3 Å². The number of hydrogen-bond donors (Lipinski definition) is 0. The van der Waals surface area contributed by atoms with Gasteiger partial charge in [-0.1, -0.05) is 24.3 Å². The summed E-state index contributed by atoms with van der Waals surface area (Å²) < 4.78 is 5.12. The Balaban J connectivity index is 1.64. The van der Waals surface area contributed by atoms with Crippen LogP contribution in [-0.2, 0) is 0 Å². The van der Waals surface area contributed by atoms with E-state index in [-0.39, 0.29) is 11.6 Å². The van der Waals surface area contributed by atoms with E-state index in [4.69, 9.17) is 0 Å². The first kappa shape index (κ1) is 17.8. The van der Waals surface area contributed by atoms with Crippen molar-refractivity contribution in [3.8, 4) is 0 Å². The molecule has 0 atom stereocenters. The molecule has 0 aliphatic heterocycles. The molecule has 144 valence electrons. The molecule has 2 heterocycles. The van der Waals surface area contributed by atoms with Crippen LogP contribution in [0.5, 0.6) is 0 Å². The van der Waals surface area contributed by atoms with Crippen molar-refractivity contribution < 1.29 is 9.59 Å². The average molecular weight is 425 g/mol. The third-order valence-corrected chi connectivity index (χ3v) is 8.31. The molecule has 30 heavy (non-hydrogen) atoms. The van der Waals surface area contributed by atoms with Crippen molar-refractivity contribution in [1.29, 1.82) is 0 Å². The minimum absolute atomic E-state index is 0.0926. The first-order valence-electron chi connectivity index (χ1n) is 9.76. The number of hydrogen-bond acceptors (Lipinski definition) is 4. The number of carbonyl (C=O) groups excluding carboxylic acids is 2. The van der Waals surface area contributed by atoms with Gasteiger partial charge >= 0.3 is 0 Å². The fourth-order valence-electron chi connectivity index (χ4n) is 4.18. The van der Waals surface area contributed by atoms with Gasteiger partial charge in [-0.25, -0.2) is 0 Å². The zero-order valence-corrected chi connectivity index (χ0v) is 18.0. The molecule has 6 rings (SSSR count). The lowest BCUT2D eigenvalue weighted by Gasteiger charge is -2.02. The van der Waals surface area contributed by atoms with Gasteiger partial charge in [0.15, 0.2) is 11.6 Å². The van der Waals surface area contributed by atoms with Gasteiger partial charge in [0, 0.05) is 31.3 Å². The number of fused-ring (bicyclic) bond motifs is 7. The largest absolute Gasteiger partial charge is 0.295 e. The van der Waals surface area contributed by atoms with Crippen LogP contribution in [0.3, 0.4) is 0 Å². The van der Waals surface area contributed by atoms with Crippen LogP contribution in [0.2, 0.25) is 0 Å². The molecule has 0 aliphatic carbocycles. The van der Waals surface area contributed by atoms with Gasteiger partial charge in [-0.3, -0.25) is 9.59 Å². The average Bonchev–Trinajstić information content (AvgIpc) is 3.24. The lowest BCUT2D eigenvalue weighted by Crippen LogP contribution is -1.90. The fourth-order valence-corrected chi connectivity index (χ4v) is 6.88. The summed E-state index contributed by atoms with van der Waals surface area (Å²) in [5.74, 6) is 0.185. The van der Waals surface area contributed by atoms with Gasteiger partial charge < -0.3 is 0 Å². The quantitative estimate of drug-likeness (QED) is 0.264. The molecule has 0 fully saturated rings. The molecule has 0 saturated heterocycles. The highest BCUT2D eigenvalue weighted by molar-refractivity contribution is 7.36. The van der Waals surface area contributed by atoms with Crippen LogP contribution in [0, 0.1) is 0 Å². The fraction of sp³-hybridized carbons (Fsp3) is 0.0769. The number of Topliss-reactive ketones (excluding diaryl/α,β-unsaturated/α-hetero) is 2. The highest BCUT2D eigenvalue weighted by atomic mass is 32.1. The van der Waals surface area contributed by atoms with Gasteiger partial charge in [-0.2, -0.15) is 0 Å². The van der Waals surface area contributed by atoms with Gasteiger partial charge in [0.2, 0.25) is 0 Å². The minimum atomic E-state index is 0.0926. The number of benzene rings is 4. The SMILES string of the molecule is CC(=O)c1ccc2cc3c(cc2c1)sc1c2cc4ccc(C(C)=O)cc4cc2sc31. The van der Waals surface area contributed by atoms with Gasteiger partial charge in [-0.15, -0.1) is 22.7 Å². The van der Waals surface area contributed by atoms with Crippen molar-refractivity contribution in [2.45, 2.75) is 13.8 Å². The van der Waals surface area contributed by atoms with E-state index in [0.717, 1.165) is 32.7 Å². The first-order valence-corrected chi connectivity index (χ1v) is 11.4. The van der Waals surface area contributed by atoms with Gasteiger partial charge in [0.05, 0.1) is 9.40 Å². The Bertz CT molecular complexity index is 1570. The smallest absolute Gasteiger partial charge is 0.159 e. The predicted octanol–water partition coefficient (Wildman–Crippen LogP) is 7.98. The summed E-state index contributed by atoms with van der Waals surface area (Å²) in [4.78, 5) is 23.5. The summed E-state index contributed by atoms with van der Waals surface area (Å²) in [7, 11) is 0. The Kier molecular flexibility index (Phi) is 3.67. The summed E-state index contributed by atoms with van der Waals surface area (Å²) in [6.45, 7) is 3.22. The van der Waals surface area contributed by atoms with Crippen molar-refractivity contribution in [1.82, 2.24) is 0 Å². The number of rotatable bonds is 2. The second-order valence-electron chi connectivity index (χ2n) is 7.80. The maximum absolute atomic E-state index is 11.7. The third kappa shape index (κ3) is 2.54. The van der Waals surface area contributed by atoms with Crippen LogP contribution >= 0.6 is 22.7 Å². The Labute approximate surface area is 180 Å². The van der Waals surface area contributed by atoms with Gasteiger partial charge in [-0.05, 0) is 71.8 Å². The molecule has 0 spiro atoms. The van der Waals surface area contributed by atoms with E-state index in [1.165, 1.54) is 29.6 Å². The van der Waals surface area contributed by atoms with E-state index in [1.807, 2.05) is 59.1 Å². The van der Waals surface area contributed by atoms with Crippen LogP contribution < -0.4 is 0 Å². The highest BCUT2D eigenvalue weighted by Gasteiger charge is 2.14. The van der Waals surface area contributed by atoms with Crippen molar-refractivity contribution in [2.75, 3.05) is 0 Å². The zero-order chi connectivity index (χ0) is 20.6. The molecule has 0 bridgehead atoms. The van der Waals surface area contributed by atoms with Crippen LogP contribution in [-0.4, -0.2) is 11.6 Å². The number of carbonyl (C=O) groups is 2. The second-order valence-corrected chi connectivity index (χ2v) is 9.90. The summed E-state index contributed by atoms with van der Waals surface area (Å²) in [6.07, 6.45) is 0. The summed E-state index contributed by atoms with van der Waals surface area (Å²) in [6, 6.07) is 20.8. The minimum Gasteiger partial charge on any atom is -0.295 e. The normalized spacial score (nSPS) is 11.9. The number of ketones is 2. The molecule has 4 aromatic carbocycles. The van der Waals surface area contributed by atoms with Crippen LogP contribution in [0.4, 0.5) is 0 Å². The molecule has 0 N–H and O–H groups in total. The monoisotopic (exact) mass is 424 g/mol. The molecular formula is C26H16O2S2. The van der Waals surface area contributed by atoms with E-state index in [9.17, 15) is 9.59 Å². The molecule has 4 heteroatoms. The third-order valence-electron chi connectivity index (χ3n) is 5.81. The van der Waals surface area contributed by atoms with E-state index in [1.54, 1.807) is 13.8 Å². The summed E-state index contributed by atoms with van der Waals surface area (Å²) in [5.41, 5.74) is 1.50. The maximum Gasteiger partial charge on any atom is 0.159 e. The van der Waals surface area contributed by atoms with Crippen LogP contribution in [0.1, 0.15) is 34.6 Å². The zero-order valence-electron chi connectivity index (χ0n) is 16.4. The highest BCUT2D eigenvalue weighted by Crippen LogP contribution is 2.46. The Morgan fingerprint density at radius 1 is 0.567 bits per heavy atom. The van der Waals surface area contributed by atoms with E-state index in [0.29, 0.717) is 0 Å². The lowest BCUT2D eigenvalue weighted by atomic mass is 10.0. The molecule has 0 amide bonds. The van der Waals surface area contributed by atoms with E-state index < -0.39 is 0 Å². The van der Waals surface area contributed by atoms with Gasteiger partial charge in [0.25, 0.3) is 0 Å². The molecule has 2 aromatic heterocycles. The summed E-state index contributed by atoms with van der Waals surface area (Å²) in [5, 5.41) is 7.06. The molecule has 6 aromatic rings. The standard InChI is InChI=1S/C26H16O2S2/c1-13(27)15-3-5-17-9-21-23(11-19(17)7-15)29-26-22-10-18-6-4-16(14(2)28)8-20(18)12-24(22)30-25(21)26/h3-12H,1-2H3. The Hall–Kier alpha value is -3.08. The first-order chi connectivity index (χ1) is 14.5. The lowest BCUT2D eigenvalue weighted by molar-refractivity contribution is 0.100.